The highest BCUT2D eigenvalue weighted by molar-refractivity contribution is 8.00. The molecule has 3 heteroatoms. The molecule has 0 spiro atoms. The fraction of sp³-hybridized carbons (Fsp3) is 0.400. The van der Waals surface area contributed by atoms with E-state index >= 15 is 0 Å². The van der Waals surface area contributed by atoms with Gasteiger partial charge < -0.3 is 5.32 Å². The summed E-state index contributed by atoms with van der Waals surface area (Å²) in [5.74, 6) is 0. The molecular formula is C10H12ClNS. The largest absolute Gasteiger partial charge is 0.383 e. The zero-order valence-corrected chi connectivity index (χ0v) is 9.08. The first-order valence-corrected chi connectivity index (χ1v) is 5.72. The summed E-state index contributed by atoms with van der Waals surface area (Å²) in [6, 6.07) is 6.07. The molecule has 1 aromatic carbocycles. The zero-order valence-electron chi connectivity index (χ0n) is 7.51. The molecule has 1 atom stereocenters. The molecule has 0 amide bonds. The van der Waals surface area contributed by atoms with E-state index in [1.165, 1.54) is 11.3 Å². The minimum atomic E-state index is 0.673. The Labute approximate surface area is 87.9 Å². The second-order valence-corrected chi connectivity index (χ2v) is 5.14. The molecule has 13 heavy (non-hydrogen) atoms. The molecule has 0 radical (unpaired) electrons. The zero-order chi connectivity index (χ0) is 9.26. The topological polar surface area (TPSA) is 12.0 Å². The Morgan fingerprint density at radius 2 is 2.38 bits per heavy atom. The average Bonchev–Trinajstić information content (AvgIpc) is 2.27. The second kappa shape index (κ2) is 3.81. The van der Waals surface area contributed by atoms with Gasteiger partial charge in [-0.3, -0.25) is 0 Å². The van der Waals surface area contributed by atoms with Crippen molar-refractivity contribution in [2.75, 3.05) is 11.9 Å². The van der Waals surface area contributed by atoms with Crippen molar-refractivity contribution in [3.8, 4) is 0 Å². The highest BCUT2D eigenvalue weighted by Crippen LogP contribution is 2.38. The minimum absolute atomic E-state index is 0.673. The molecule has 2 rings (SSSR count). The maximum atomic E-state index is 6.09. The number of rotatable bonds is 0. The van der Waals surface area contributed by atoms with Gasteiger partial charge in [-0.15, -0.1) is 11.8 Å². The predicted octanol–water partition coefficient (Wildman–Crippen LogP) is 3.64. The Kier molecular flexibility index (Phi) is 2.70. The lowest BCUT2D eigenvalue weighted by Crippen LogP contribution is -2.03. The van der Waals surface area contributed by atoms with Gasteiger partial charge in [0.05, 0.1) is 10.7 Å². The van der Waals surface area contributed by atoms with E-state index in [1.54, 1.807) is 0 Å². The third-order valence-electron chi connectivity index (χ3n) is 2.16. The Balaban J connectivity index is 2.39. The van der Waals surface area contributed by atoms with E-state index in [0.717, 1.165) is 17.3 Å². The molecule has 0 bridgehead atoms. The Bertz CT molecular complexity index is 314. The van der Waals surface area contributed by atoms with Crippen LogP contribution in [0.15, 0.2) is 23.1 Å². The third-order valence-corrected chi connectivity index (χ3v) is 3.70. The molecular weight excluding hydrogens is 202 g/mol. The van der Waals surface area contributed by atoms with Crippen LogP contribution in [-0.2, 0) is 0 Å². The highest BCUT2D eigenvalue weighted by Gasteiger charge is 2.14. The van der Waals surface area contributed by atoms with Gasteiger partial charge in [-0.1, -0.05) is 24.6 Å². The van der Waals surface area contributed by atoms with Crippen molar-refractivity contribution in [2.24, 2.45) is 0 Å². The first-order valence-electron chi connectivity index (χ1n) is 4.46. The first-order chi connectivity index (χ1) is 6.27. The average molecular weight is 214 g/mol. The summed E-state index contributed by atoms with van der Waals surface area (Å²) >= 11 is 7.99. The van der Waals surface area contributed by atoms with Gasteiger partial charge in [0.1, 0.15) is 0 Å². The highest BCUT2D eigenvalue weighted by atomic mass is 35.5. The van der Waals surface area contributed by atoms with E-state index in [-0.39, 0.29) is 0 Å². The van der Waals surface area contributed by atoms with E-state index in [1.807, 2.05) is 23.9 Å². The van der Waals surface area contributed by atoms with Crippen molar-refractivity contribution in [3.63, 3.8) is 0 Å². The van der Waals surface area contributed by atoms with Crippen LogP contribution in [0.2, 0.25) is 5.02 Å². The maximum absolute atomic E-state index is 6.09. The fourth-order valence-corrected chi connectivity index (χ4v) is 2.87. The Hall–Kier alpha value is -0.340. The molecule has 0 fully saturated rings. The monoisotopic (exact) mass is 213 g/mol. The van der Waals surface area contributed by atoms with Crippen molar-refractivity contribution in [3.05, 3.63) is 23.2 Å². The molecule has 1 aromatic rings. The molecule has 0 saturated carbocycles. The number of hydrogen-bond donors (Lipinski definition) is 1. The molecule has 0 saturated heterocycles. The standard InChI is InChI=1S/C10H12ClNS/c1-7-5-6-12-10-8(11)3-2-4-9(10)13-7/h2-4,7,12H,5-6H2,1H3. The minimum Gasteiger partial charge on any atom is -0.383 e. The number of nitrogens with one attached hydrogen (secondary N) is 1. The van der Waals surface area contributed by atoms with Gasteiger partial charge in [-0.2, -0.15) is 0 Å². The molecule has 0 aliphatic carbocycles. The predicted molar refractivity (Wildman–Crippen MR) is 59.9 cm³/mol. The van der Waals surface area contributed by atoms with Crippen molar-refractivity contribution in [2.45, 2.75) is 23.5 Å². The summed E-state index contributed by atoms with van der Waals surface area (Å²) in [6.45, 7) is 3.27. The van der Waals surface area contributed by atoms with Gasteiger partial charge >= 0.3 is 0 Å². The fourth-order valence-electron chi connectivity index (χ4n) is 1.45. The summed E-state index contributed by atoms with van der Waals surface area (Å²) in [5.41, 5.74) is 1.11. The van der Waals surface area contributed by atoms with Crippen LogP contribution in [0.25, 0.3) is 0 Å². The van der Waals surface area contributed by atoms with Crippen LogP contribution in [0.4, 0.5) is 5.69 Å². The SMILES string of the molecule is CC1CCNc2c(Cl)cccc2S1. The first kappa shape index (κ1) is 9.22. The van der Waals surface area contributed by atoms with E-state index in [4.69, 9.17) is 11.6 Å². The van der Waals surface area contributed by atoms with Crippen LogP contribution >= 0.6 is 23.4 Å². The van der Waals surface area contributed by atoms with Crippen LogP contribution in [0.1, 0.15) is 13.3 Å². The maximum Gasteiger partial charge on any atom is 0.0667 e. The lowest BCUT2D eigenvalue weighted by Gasteiger charge is -2.08. The Morgan fingerprint density at radius 1 is 1.54 bits per heavy atom. The summed E-state index contributed by atoms with van der Waals surface area (Å²) in [4.78, 5) is 1.28. The van der Waals surface area contributed by atoms with E-state index in [9.17, 15) is 0 Å². The molecule has 0 aromatic heterocycles. The lowest BCUT2D eigenvalue weighted by molar-refractivity contribution is 0.860. The van der Waals surface area contributed by atoms with E-state index < -0.39 is 0 Å². The molecule has 1 aliphatic heterocycles. The normalized spacial score (nSPS) is 21.5. The smallest absolute Gasteiger partial charge is 0.0667 e. The lowest BCUT2D eigenvalue weighted by atomic mass is 10.3. The molecule has 1 N–H and O–H groups in total. The number of halogens is 1. The van der Waals surface area contributed by atoms with Crippen LogP contribution in [0.3, 0.4) is 0 Å². The molecule has 1 heterocycles. The number of para-hydroxylation sites is 1. The van der Waals surface area contributed by atoms with Crippen molar-refractivity contribution in [1.29, 1.82) is 0 Å². The molecule has 70 valence electrons. The third kappa shape index (κ3) is 1.94. The van der Waals surface area contributed by atoms with Crippen LogP contribution in [-0.4, -0.2) is 11.8 Å². The molecule has 1 aliphatic rings. The number of hydrogen-bond acceptors (Lipinski definition) is 2. The Morgan fingerprint density at radius 3 is 3.23 bits per heavy atom. The number of anilines is 1. The van der Waals surface area contributed by atoms with Crippen molar-refractivity contribution < 1.29 is 0 Å². The van der Waals surface area contributed by atoms with Gasteiger partial charge in [0.2, 0.25) is 0 Å². The van der Waals surface area contributed by atoms with Gasteiger partial charge in [-0.05, 0) is 18.6 Å². The van der Waals surface area contributed by atoms with Crippen molar-refractivity contribution in [1.82, 2.24) is 0 Å². The van der Waals surface area contributed by atoms with Gasteiger partial charge in [-0.25, -0.2) is 0 Å². The van der Waals surface area contributed by atoms with Crippen LogP contribution in [0.5, 0.6) is 0 Å². The number of benzene rings is 1. The van der Waals surface area contributed by atoms with E-state index in [2.05, 4.69) is 18.3 Å². The van der Waals surface area contributed by atoms with Crippen LogP contribution in [0, 0.1) is 0 Å². The van der Waals surface area contributed by atoms with E-state index in [0.29, 0.717) is 5.25 Å². The number of fused-ring (bicyclic) bond motifs is 1. The molecule has 1 unspecified atom stereocenters. The van der Waals surface area contributed by atoms with Gasteiger partial charge in [0.25, 0.3) is 0 Å². The summed E-state index contributed by atoms with van der Waals surface area (Å²) in [7, 11) is 0. The summed E-state index contributed by atoms with van der Waals surface area (Å²) < 4.78 is 0. The molecule has 1 nitrogen and oxygen atoms in total. The van der Waals surface area contributed by atoms with Gasteiger partial charge in [0, 0.05) is 16.7 Å². The van der Waals surface area contributed by atoms with Crippen molar-refractivity contribution >= 4 is 29.1 Å². The summed E-state index contributed by atoms with van der Waals surface area (Å²) in [5, 5.41) is 4.88. The summed E-state index contributed by atoms with van der Waals surface area (Å²) in [6.07, 6.45) is 1.19. The van der Waals surface area contributed by atoms with Gasteiger partial charge in [0.15, 0.2) is 0 Å². The van der Waals surface area contributed by atoms with Crippen LogP contribution < -0.4 is 5.32 Å². The number of thioether (sulfide) groups is 1. The quantitative estimate of drug-likeness (QED) is 0.706. The second-order valence-electron chi connectivity index (χ2n) is 3.26.